The van der Waals surface area contributed by atoms with Crippen molar-refractivity contribution in [2.24, 2.45) is 23.2 Å². The van der Waals surface area contributed by atoms with E-state index in [2.05, 4.69) is 50.5 Å². The van der Waals surface area contributed by atoms with Crippen LogP contribution in [0.4, 0.5) is 0 Å². The maximum Gasteiger partial charge on any atom is 0.00480 e. The average molecular weight is 294 g/mol. The Balaban J connectivity index is 1.93. The first-order valence-corrected chi connectivity index (χ1v) is 9.07. The normalized spacial score (nSPS) is 26.1. The fourth-order valence-electron chi connectivity index (χ4n) is 3.54. The van der Waals surface area contributed by atoms with Crippen molar-refractivity contribution in [3.63, 3.8) is 0 Å². The van der Waals surface area contributed by atoms with Crippen molar-refractivity contribution in [2.75, 3.05) is 13.1 Å². The third kappa shape index (κ3) is 4.89. The third-order valence-corrected chi connectivity index (χ3v) is 5.57. The number of nitrogens with one attached hydrogen (secondary N) is 1. The summed E-state index contributed by atoms with van der Waals surface area (Å²) in [5.74, 6) is 2.48. The van der Waals surface area contributed by atoms with Crippen LogP contribution in [0.15, 0.2) is 17.5 Å². The minimum atomic E-state index is 0.538. The van der Waals surface area contributed by atoms with E-state index in [4.69, 9.17) is 0 Å². The highest BCUT2D eigenvalue weighted by Gasteiger charge is 2.34. The molecule has 2 rings (SSSR count). The summed E-state index contributed by atoms with van der Waals surface area (Å²) in [6.45, 7) is 11.9. The smallest absolute Gasteiger partial charge is 0.00480 e. The Morgan fingerprint density at radius 2 is 2.15 bits per heavy atom. The van der Waals surface area contributed by atoms with Crippen LogP contribution < -0.4 is 5.32 Å². The molecule has 2 heteroatoms. The summed E-state index contributed by atoms with van der Waals surface area (Å²) >= 11 is 1.93. The number of hydrogen-bond acceptors (Lipinski definition) is 2. The van der Waals surface area contributed by atoms with E-state index in [9.17, 15) is 0 Å². The first-order valence-electron chi connectivity index (χ1n) is 8.19. The van der Waals surface area contributed by atoms with Crippen LogP contribution in [-0.4, -0.2) is 13.1 Å². The summed E-state index contributed by atoms with van der Waals surface area (Å²) in [4.78, 5) is 1.57. The monoisotopic (exact) mass is 293 g/mol. The van der Waals surface area contributed by atoms with Gasteiger partial charge in [0.2, 0.25) is 0 Å². The molecule has 0 radical (unpaired) electrons. The van der Waals surface area contributed by atoms with Gasteiger partial charge in [0.05, 0.1) is 0 Å². The Bertz CT molecular complexity index is 380. The van der Waals surface area contributed by atoms with Crippen molar-refractivity contribution >= 4 is 11.3 Å². The lowest BCUT2D eigenvalue weighted by atomic mass is 9.66. The highest BCUT2D eigenvalue weighted by molar-refractivity contribution is 7.09. The minimum Gasteiger partial charge on any atom is -0.316 e. The fourth-order valence-corrected chi connectivity index (χ4v) is 4.34. The molecular formula is C18H31NS. The number of rotatable bonds is 6. The van der Waals surface area contributed by atoms with Crippen LogP contribution in [0.1, 0.15) is 51.8 Å². The third-order valence-electron chi connectivity index (χ3n) is 4.68. The van der Waals surface area contributed by atoms with Crippen molar-refractivity contribution in [3.05, 3.63) is 22.4 Å². The first-order chi connectivity index (χ1) is 9.46. The van der Waals surface area contributed by atoms with Crippen molar-refractivity contribution in [3.8, 4) is 0 Å². The second-order valence-electron chi connectivity index (χ2n) is 7.76. The maximum absolute atomic E-state index is 3.69. The van der Waals surface area contributed by atoms with Gasteiger partial charge in [0.25, 0.3) is 0 Å². The van der Waals surface area contributed by atoms with Gasteiger partial charge in [0.1, 0.15) is 0 Å². The zero-order valence-electron chi connectivity index (χ0n) is 13.6. The number of hydrogen-bond donors (Lipinski definition) is 1. The molecule has 0 bridgehead atoms. The molecule has 0 aliphatic heterocycles. The van der Waals surface area contributed by atoms with E-state index in [0.717, 1.165) is 24.3 Å². The lowest BCUT2D eigenvalue weighted by molar-refractivity contribution is 0.116. The van der Waals surface area contributed by atoms with E-state index in [1.165, 1.54) is 32.2 Å². The van der Waals surface area contributed by atoms with Gasteiger partial charge in [-0.1, -0.05) is 33.8 Å². The molecule has 1 saturated carbocycles. The molecule has 0 spiro atoms. The van der Waals surface area contributed by atoms with Crippen LogP contribution in [-0.2, 0) is 6.42 Å². The lowest BCUT2D eigenvalue weighted by Crippen LogP contribution is -2.37. The van der Waals surface area contributed by atoms with E-state index >= 15 is 0 Å². The summed E-state index contributed by atoms with van der Waals surface area (Å²) in [6, 6.07) is 4.50. The Morgan fingerprint density at radius 1 is 1.35 bits per heavy atom. The van der Waals surface area contributed by atoms with Crippen molar-refractivity contribution < 1.29 is 0 Å². The average Bonchev–Trinajstić information content (AvgIpc) is 2.84. The zero-order chi connectivity index (χ0) is 14.6. The van der Waals surface area contributed by atoms with Gasteiger partial charge in [-0.3, -0.25) is 0 Å². The standard InChI is InChI=1S/C18H31NS/c1-14(2)12-19-13-15-7-8-18(3,4)11-16(15)10-17-6-5-9-20-17/h5-6,9,14-16,19H,7-8,10-13H2,1-4H3. The second-order valence-corrected chi connectivity index (χ2v) is 8.80. The molecule has 20 heavy (non-hydrogen) atoms. The van der Waals surface area contributed by atoms with Crippen LogP contribution in [0.5, 0.6) is 0 Å². The van der Waals surface area contributed by atoms with Crippen LogP contribution in [0.25, 0.3) is 0 Å². The molecule has 1 fully saturated rings. The Kier molecular flexibility index (Phi) is 5.68. The minimum absolute atomic E-state index is 0.538. The lowest BCUT2D eigenvalue weighted by Gasteiger charge is -2.41. The summed E-state index contributed by atoms with van der Waals surface area (Å²) < 4.78 is 0. The molecule has 0 aromatic carbocycles. The van der Waals surface area contributed by atoms with Gasteiger partial charge in [0.15, 0.2) is 0 Å². The molecular weight excluding hydrogens is 262 g/mol. The van der Waals surface area contributed by atoms with Crippen molar-refractivity contribution in [1.29, 1.82) is 0 Å². The molecule has 1 aliphatic carbocycles. The van der Waals surface area contributed by atoms with Gasteiger partial charge >= 0.3 is 0 Å². The number of thiophene rings is 1. The molecule has 1 nitrogen and oxygen atoms in total. The van der Waals surface area contributed by atoms with Crippen molar-refractivity contribution in [1.82, 2.24) is 5.32 Å². The predicted octanol–water partition coefficient (Wildman–Crippen LogP) is 4.98. The van der Waals surface area contributed by atoms with Gasteiger partial charge in [-0.25, -0.2) is 0 Å². The van der Waals surface area contributed by atoms with E-state index in [0.29, 0.717) is 5.41 Å². The van der Waals surface area contributed by atoms with Crippen LogP contribution in [0.2, 0.25) is 0 Å². The van der Waals surface area contributed by atoms with E-state index in [-0.39, 0.29) is 0 Å². The molecule has 1 heterocycles. The predicted molar refractivity (Wildman–Crippen MR) is 90.3 cm³/mol. The van der Waals surface area contributed by atoms with Gasteiger partial charge < -0.3 is 5.32 Å². The Labute approximate surface area is 129 Å². The van der Waals surface area contributed by atoms with Crippen LogP contribution >= 0.6 is 11.3 Å². The van der Waals surface area contributed by atoms with E-state index in [1.807, 2.05) is 11.3 Å². The molecule has 0 saturated heterocycles. The molecule has 1 aromatic rings. The molecule has 2 unspecified atom stereocenters. The zero-order valence-corrected chi connectivity index (χ0v) is 14.4. The summed E-state index contributed by atoms with van der Waals surface area (Å²) in [5, 5.41) is 5.91. The molecule has 1 aliphatic rings. The fraction of sp³-hybridized carbons (Fsp3) is 0.778. The molecule has 2 atom stereocenters. The quantitative estimate of drug-likeness (QED) is 0.780. The van der Waals surface area contributed by atoms with Gasteiger partial charge in [-0.05, 0) is 73.4 Å². The molecule has 114 valence electrons. The van der Waals surface area contributed by atoms with Crippen LogP contribution in [0.3, 0.4) is 0 Å². The van der Waals surface area contributed by atoms with E-state index < -0.39 is 0 Å². The molecule has 1 N–H and O–H groups in total. The highest BCUT2D eigenvalue weighted by atomic mass is 32.1. The molecule has 1 aromatic heterocycles. The van der Waals surface area contributed by atoms with Gasteiger partial charge in [-0.2, -0.15) is 0 Å². The van der Waals surface area contributed by atoms with E-state index in [1.54, 1.807) is 4.88 Å². The summed E-state index contributed by atoms with van der Waals surface area (Å²) in [7, 11) is 0. The Morgan fingerprint density at radius 3 is 2.80 bits per heavy atom. The SMILES string of the molecule is CC(C)CNCC1CCC(C)(C)CC1Cc1cccs1. The van der Waals surface area contributed by atoms with Gasteiger partial charge in [0, 0.05) is 4.88 Å². The topological polar surface area (TPSA) is 12.0 Å². The summed E-state index contributed by atoms with van der Waals surface area (Å²) in [5.41, 5.74) is 0.538. The maximum atomic E-state index is 3.69. The second kappa shape index (κ2) is 7.09. The van der Waals surface area contributed by atoms with Gasteiger partial charge in [-0.15, -0.1) is 11.3 Å². The van der Waals surface area contributed by atoms with Crippen LogP contribution in [0, 0.1) is 23.2 Å². The largest absolute Gasteiger partial charge is 0.316 e. The summed E-state index contributed by atoms with van der Waals surface area (Å²) in [6.07, 6.45) is 5.46. The highest BCUT2D eigenvalue weighted by Crippen LogP contribution is 2.43. The Hall–Kier alpha value is -0.340. The van der Waals surface area contributed by atoms with Crippen molar-refractivity contribution in [2.45, 2.75) is 53.4 Å². The molecule has 0 amide bonds. The first kappa shape index (κ1) is 16.0.